The molecule has 0 bridgehead atoms. The standard InChI is InChI=1S/C15H16N2O3/c1-4-5-14(17(19)20)10-12(3)15(18)16-13-8-6-11(2)7-9-13/h4-10H,1H2,2-3H3,(H,16,18)/b12-10+,14-5+. The van der Waals surface area contributed by atoms with Crippen molar-refractivity contribution in [2.75, 3.05) is 5.32 Å². The first kappa shape index (κ1) is 15.4. The molecule has 0 atom stereocenters. The number of nitrogens with zero attached hydrogens (tertiary/aromatic N) is 1. The second kappa shape index (κ2) is 7.04. The van der Waals surface area contributed by atoms with Crippen LogP contribution in [0.4, 0.5) is 5.69 Å². The van der Waals surface area contributed by atoms with Gasteiger partial charge in [0.1, 0.15) is 0 Å². The number of nitrogens with one attached hydrogen (secondary N) is 1. The van der Waals surface area contributed by atoms with Gasteiger partial charge in [0.2, 0.25) is 0 Å². The summed E-state index contributed by atoms with van der Waals surface area (Å²) in [7, 11) is 0. The lowest BCUT2D eigenvalue weighted by atomic mass is 10.2. The van der Waals surface area contributed by atoms with Crippen molar-refractivity contribution >= 4 is 11.6 Å². The predicted molar refractivity (Wildman–Crippen MR) is 78.8 cm³/mol. The summed E-state index contributed by atoms with van der Waals surface area (Å²) in [6.45, 7) is 6.86. The lowest BCUT2D eigenvalue weighted by Crippen LogP contribution is -2.13. The van der Waals surface area contributed by atoms with Crippen LogP contribution in [0.1, 0.15) is 12.5 Å². The molecule has 0 fully saturated rings. The number of allylic oxidation sites excluding steroid dienone is 3. The summed E-state index contributed by atoms with van der Waals surface area (Å²) in [5, 5.41) is 13.4. The Morgan fingerprint density at radius 1 is 1.35 bits per heavy atom. The molecule has 1 rings (SSSR count). The van der Waals surface area contributed by atoms with E-state index in [1.807, 2.05) is 19.1 Å². The van der Waals surface area contributed by atoms with Gasteiger partial charge in [0.05, 0.1) is 4.92 Å². The molecule has 1 aromatic carbocycles. The molecule has 0 radical (unpaired) electrons. The van der Waals surface area contributed by atoms with Crippen LogP contribution in [0, 0.1) is 17.0 Å². The molecule has 1 aromatic rings. The van der Waals surface area contributed by atoms with E-state index in [1.165, 1.54) is 25.2 Å². The van der Waals surface area contributed by atoms with E-state index in [1.54, 1.807) is 12.1 Å². The van der Waals surface area contributed by atoms with Gasteiger partial charge in [-0.05, 0) is 26.0 Å². The van der Waals surface area contributed by atoms with Crippen LogP contribution in [0.2, 0.25) is 0 Å². The van der Waals surface area contributed by atoms with Gasteiger partial charge in [0, 0.05) is 23.4 Å². The van der Waals surface area contributed by atoms with Gasteiger partial charge in [0.25, 0.3) is 11.6 Å². The largest absolute Gasteiger partial charge is 0.322 e. The highest BCUT2D eigenvalue weighted by Crippen LogP contribution is 2.11. The van der Waals surface area contributed by atoms with Crippen molar-refractivity contribution in [3.8, 4) is 0 Å². The molecule has 0 saturated heterocycles. The Kier molecular flexibility index (Phi) is 5.41. The Bertz CT molecular complexity index is 584. The molecule has 1 amide bonds. The second-order valence-corrected chi connectivity index (χ2v) is 4.23. The Labute approximate surface area is 117 Å². The average Bonchev–Trinajstić information content (AvgIpc) is 2.40. The summed E-state index contributed by atoms with van der Waals surface area (Å²) in [4.78, 5) is 22.1. The molecule has 0 unspecified atom stereocenters. The number of carbonyl (C=O) groups is 1. The maximum Gasteiger partial charge on any atom is 0.269 e. The zero-order chi connectivity index (χ0) is 15.1. The van der Waals surface area contributed by atoms with Gasteiger partial charge >= 0.3 is 0 Å². The highest BCUT2D eigenvalue weighted by atomic mass is 16.6. The Morgan fingerprint density at radius 3 is 2.45 bits per heavy atom. The van der Waals surface area contributed by atoms with E-state index in [0.717, 1.165) is 5.56 Å². The topological polar surface area (TPSA) is 72.2 Å². The normalized spacial score (nSPS) is 11.9. The van der Waals surface area contributed by atoms with Crippen molar-refractivity contribution in [2.45, 2.75) is 13.8 Å². The molecular formula is C15H16N2O3. The summed E-state index contributed by atoms with van der Waals surface area (Å²) in [6.07, 6.45) is 3.76. The third kappa shape index (κ3) is 4.53. The average molecular weight is 272 g/mol. The predicted octanol–water partition coefficient (Wildman–Crippen LogP) is 3.23. The number of benzene rings is 1. The van der Waals surface area contributed by atoms with E-state index >= 15 is 0 Å². The number of aryl methyl sites for hydroxylation is 1. The minimum atomic E-state index is -0.565. The number of rotatable bonds is 5. The minimum Gasteiger partial charge on any atom is -0.322 e. The number of amides is 1. The Balaban J connectivity index is 2.85. The fraction of sp³-hybridized carbons (Fsp3) is 0.133. The number of carbonyl (C=O) groups excluding carboxylic acids is 1. The summed E-state index contributed by atoms with van der Waals surface area (Å²) in [6, 6.07) is 7.28. The highest BCUT2D eigenvalue weighted by Gasteiger charge is 2.11. The molecule has 0 aliphatic heterocycles. The molecule has 1 N–H and O–H groups in total. The third-order valence-electron chi connectivity index (χ3n) is 2.53. The molecule has 104 valence electrons. The Morgan fingerprint density at radius 2 is 1.95 bits per heavy atom. The van der Waals surface area contributed by atoms with E-state index in [-0.39, 0.29) is 17.2 Å². The maximum atomic E-state index is 11.9. The third-order valence-corrected chi connectivity index (χ3v) is 2.53. The van der Waals surface area contributed by atoms with Gasteiger partial charge < -0.3 is 5.32 Å². The van der Waals surface area contributed by atoms with Crippen molar-refractivity contribution in [3.05, 3.63) is 76.0 Å². The van der Waals surface area contributed by atoms with Crippen LogP contribution >= 0.6 is 0 Å². The molecule has 20 heavy (non-hydrogen) atoms. The number of hydrogen-bond acceptors (Lipinski definition) is 3. The lowest BCUT2D eigenvalue weighted by molar-refractivity contribution is -0.419. The summed E-state index contributed by atoms with van der Waals surface area (Å²) in [5.41, 5.74) is 1.79. The summed E-state index contributed by atoms with van der Waals surface area (Å²) < 4.78 is 0. The van der Waals surface area contributed by atoms with Crippen molar-refractivity contribution in [1.29, 1.82) is 0 Å². The maximum absolute atomic E-state index is 11.9. The molecule has 0 aliphatic carbocycles. The van der Waals surface area contributed by atoms with E-state index in [9.17, 15) is 14.9 Å². The van der Waals surface area contributed by atoms with Crippen LogP contribution in [-0.2, 0) is 4.79 Å². The molecule has 0 heterocycles. The van der Waals surface area contributed by atoms with Crippen LogP contribution in [0.15, 0.2) is 60.3 Å². The van der Waals surface area contributed by atoms with Crippen molar-refractivity contribution in [1.82, 2.24) is 0 Å². The first-order valence-corrected chi connectivity index (χ1v) is 5.97. The SMILES string of the molecule is C=C/C=C(\C=C(/C)C(=O)Nc1ccc(C)cc1)[N+](=O)[O-]. The monoisotopic (exact) mass is 272 g/mol. The molecule has 0 saturated carbocycles. The fourth-order valence-corrected chi connectivity index (χ4v) is 1.44. The first-order chi connectivity index (χ1) is 9.43. The number of hydrogen-bond donors (Lipinski definition) is 1. The second-order valence-electron chi connectivity index (χ2n) is 4.23. The van der Waals surface area contributed by atoms with Crippen LogP contribution in [-0.4, -0.2) is 10.8 Å². The van der Waals surface area contributed by atoms with Gasteiger partial charge in [0.15, 0.2) is 0 Å². The summed E-state index contributed by atoms with van der Waals surface area (Å²) >= 11 is 0. The van der Waals surface area contributed by atoms with Crippen LogP contribution in [0.25, 0.3) is 0 Å². The van der Waals surface area contributed by atoms with Gasteiger partial charge in [-0.15, -0.1) is 0 Å². The minimum absolute atomic E-state index is 0.184. The molecular weight excluding hydrogens is 256 g/mol. The molecule has 5 heteroatoms. The highest BCUT2D eigenvalue weighted by molar-refractivity contribution is 6.03. The molecule has 0 aromatic heterocycles. The zero-order valence-electron chi connectivity index (χ0n) is 11.4. The van der Waals surface area contributed by atoms with Crippen molar-refractivity contribution in [2.24, 2.45) is 0 Å². The van der Waals surface area contributed by atoms with Gasteiger partial charge in [-0.1, -0.05) is 30.4 Å². The molecule has 0 aliphatic rings. The molecule has 0 spiro atoms. The van der Waals surface area contributed by atoms with E-state index in [4.69, 9.17) is 0 Å². The van der Waals surface area contributed by atoms with Crippen LogP contribution in [0.3, 0.4) is 0 Å². The van der Waals surface area contributed by atoms with Crippen LogP contribution < -0.4 is 5.32 Å². The zero-order valence-corrected chi connectivity index (χ0v) is 11.4. The van der Waals surface area contributed by atoms with Crippen LogP contribution in [0.5, 0.6) is 0 Å². The Hall–Kier alpha value is -2.69. The van der Waals surface area contributed by atoms with E-state index in [0.29, 0.717) is 5.69 Å². The first-order valence-electron chi connectivity index (χ1n) is 5.97. The van der Waals surface area contributed by atoms with E-state index < -0.39 is 4.92 Å². The van der Waals surface area contributed by atoms with Gasteiger partial charge in [-0.25, -0.2) is 0 Å². The smallest absolute Gasteiger partial charge is 0.269 e. The number of anilines is 1. The lowest BCUT2D eigenvalue weighted by Gasteiger charge is -2.05. The van der Waals surface area contributed by atoms with E-state index in [2.05, 4.69) is 11.9 Å². The van der Waals surface area contributed by atoms with Crippen molar-refractivity contribution in [3.63, 3.8) is 0 Å². The number of nitro groups is 1. The van der Waals surface area contributed by atoms with Crippen molar-refractivity contribution < 1.29 is 9.72 Å². The fourth-order valence-electron chi connectivity index (χ4n) is 1.44. The summed E-state index contributed by atoms with van der Waals surface area (Å²) in [5.74, 6) is -0.384. The quantitative estimate of drug-likeness (QED) is 0.387. The van der Waals surface area contributed by atoms with Gasteiger partial charge in [-0.3, -0.25) is 14.9 Å². The molecule has 5 nitrogen and oxygen atoms in total. The van der Waals surface area contributed by atoms with Gasteiger partial charge in [-0.2, -0.15) is 0 Å².